The summed E-state index contributed by atoms with van der Waals surface area (Å²) in [7, 11) is 0. The van der Waals surface area contributed by atoms with Crippen molar-refractivity contribution < 1.29 is 0 Å². The van der Waals surface area contributed by atoms with Gasteiger partial charge in [-0.2, -0.15) is 0 Å². The van der Waals surface area contributed by atoms with Gasteiger partial charge in [0.15, 0.2) is 0 Å². The molecular formula is C15H14N2S2. The Balaban J connectivity index is 1.70. The molecule has 0 saturated heterocycles. The number of aromatic nitrogens is 1. The lowest BCUT2D eigenvalue weighted by Gasteiger charge is -2.06. The molecular weight excluding hydrogens is 272 g/mol. The summed E-state index contributed by atoms with van der Waals surface area (Å²) in [6, 6.07) is 11.1. The van der Waals surface area contributed by atoms with Crippen LogP contribution in [0.4, 0.5) is 0 Å². The van der Waals surface area contributed by atoms with Crippen molar-refractivity contribution >= 4 is 32.9 Å². The van der Waals surface area contributed by atoms with Crippen molar-refractivity contribution in [3.05, 3.63) is 40.7 Å². The average molecular weight is 286 g/mol. The third kappa shape index (κ3) is 2.10. The van der Waals surface area contributed by atoms with E-state index in [1.807, 2.05) is 16.8 Å². The molecule has 1 aliphatic rings. The number of benzene rings is 1. The van der Waals surface area contributed by atoms with E-state index in [2.05, 4.69) is 35.3 Å². The van der Waals surface area contributed by atoms with E-state index in [9.17, 15) is 0 Å². The molecule has 4 heteroatoms. The van der Waals surface area contributed by atoms with Crippen molar-refractivity contribution in [3.8, 4) is 10.4 Å². The van der Waals surface area contributed by atoms with Crippen LogP contribution in [-0.2, 0) is 0 Å². The van der Waals surface area contributed by atoms with Crippen molar-refractivity contribution in [2.45, 2.75) is 18.9 Å². The molecule has 1 aliphatic carbocycles. The molecule has 96 valence electrons. The van der Waals surface area contributed by atoms with Crippen LogP contribution in [0.2, 0.25) is 0 Å². The van der Waals surface area contributed by atoms with Gasteiger partial charge in [-0.1, -0.05) is 6.07 Å². The highest BCUT2D eigenvalue weighted by atomic mass is 32.1. The van der Waals surface area contributed by atoms with Gasteiger partial charge < -0.3 is 5.73 Å². The summed E-state index contributed by atoms with van der Waals surface area (Å²) in [6.07, 6.45) is 2.59. The Morgan fingerprint density at radius 1 is 1.21 bits per heavy atom. The third-order valence-electron chi connectivity index (χ3n) is 3.70. The second kappa shape index (κ2) is 4.40. The summed E-state index contributed by atoms with van der Waals surface area (Å²) in [5.41, 5.74) is 10.5. The predicted octanol–water partition coefficient (Wildman–Crippen LogP) is 4.43. The van der Waals surface area contributed by atoms with Crippen LogP contribution in [-0.4, -0.2) is 4.98 Å². The van der Waals surface area contributed by atoms with Crippen molar-refractivity contribution in [2.24, 2.45) is 11.7 Å². The van der Waals surface area contributed by atoms with Crippen LogP contribution in [0.3, 0.4) is 0 Å². The van der Waals surface area contributed by atoms with Crippen molar-refractivity contribution in [2.75, 3.05) is 0 Å². The molecule has 1 saturated carbocycles. The fraction of sp³-hybridized carbons (Fsp3) is 0.267. The van der Waals surface area contributed by atoms with E-state index in [0.29, 0.717) is 0 Å². The van der Waals surface area contributed by atoms with Crippen molar-refractivity contribution in [1.82, 2.24) is 4.98 Å². The van der Waals surface area contributed by atoms with Crippen LogP contribution in [0.1, 0.15) is 23.8 Å². The molecule has 3 aromatic rings. The fourth-order valence-electron chi connectivity index (χ4n) is 2.38. The monoisotopic (exact) mass is 286 g/mol. The van der Waals surface area contributed by atoms with Gasteiger partial charge in [-0.15, -0.1) is 22.7 Å². The second-order valence-corrected chi connectivity index (χ2v) is 7.10. The highest BCUT2D eigenvalue weighted by molar-refractivity contribution is 7.17. The highest BCUT2D eigenvalue weighted by Gasteiger charge is 2.30. The van der Waals surface area contributed by atoms with E-state index >= 15 is 0 Å². The molecule has 2 N–H and O–H groups in total. The van der Waals surface area contributed by atoms with E-state index in [-0.39, 0.29) is 6.04 Å². The lowest BCUT2D eigenvalue weighted by molar-refractivity contribution is 0.645. The van der Waals surface area contributed by atoms with Crippen LogP contribution in [0.5, 0.6) is 0 Å². The zero-order valence-electron chi connectivity index (χ0n) is 10.4. The maximum atomic E-state index is 6.27. The summed E-state index contributed by atoms with van der Waals surface area (Å²) in [6.45, 7) is 0. The zero-order valence-corrected chi connectivity index (χ0v) is 12.0. The highest BCUT2D eigenvalue weighted by Crippen LogP contribution is 2.43. The summed E-state index contributed by atoms with van der Waals surface area (Å²) < 4.78 is 1.25. The lowest BCUT2D eigenvalue weighted by Crippen LogP contribution is -2.10. The first-order chi connectivity index (χ1) is 9.31. The van der Waals surface area contributed by atoms with Gasteiger partial charge in [-0.25, -0.2) is 4.98 Å². The smallest absolute Gasteiger partial charge is 0.0812 e. The van der Waals surface area contributed by atoms with Gasteiger partial charge in [0.05, 0.1) is 15.7 Å². The van der Waals surface area contributed by atoms with Gasteiger partial charge >= 0.3 is 0 Å². The Bertz CT molecular complexity index is 724. The number of rotatable bonds is 3. The molecule has 0 bridgehead atoms. The normalized spacial score (nSPS) is 16.9. The second-order valence-electron chi connectivity index (χ2n) is 5.10. The van der Waals surface area contributed by atoms with E-state index in [4.69, 9.17) is 5.73 Å². The molecule has 0 aliphatic heterocycles. The van der Waals surface area contributed by atoms with Gasteiger partial charge in [0, 0.05) is 15.8 Å². The molecule has 2 nitrogen and oxygen atoms in total. The van der Waals surface area contributed by atoms with Gasteiger partial charge in [0.25, 0.3) is 0 Å². The standard InChI is InChI=1S/C15H14N2S2/c16-15(9-1-2-9)13-6-5-12(19-13)10-3-4-11-14(7-10)18-8-17-11/h3-9,15H,1-2,16H2. The minimum absolute atomic E-state index is 0.242. The number of thiazole rings is 1. The van der Waals surface area contributed by atoms with Gasteiger partial charge in [0.1, 0.15) is 0 Å². The molecule has 4 rings (SSSR count). The summed E-state index contributed by atoms with van der Waals surface area (Å²) in [4.78, 5) is 6.95. The Labute approximate surface area is 119 Å². The molecule has 1 fully saturated rings. The predicted molar refractivity (Wildman–Crippen MR) is 82.6 cm³/mol. The van der Waals surface area contributed by atoms with E-state index in [0.717, 1.165) is 11.4 Å². The average Bonchev–Trinajstić information content (AvgIpc) is 2.99. The van der Waals surface area contributed by atoms with Crippen molar-refractivity contribution in [1.29, 1.82) is 0 Å². The van der Waals surface area contributed by atoms with E-state index in [1.54, 1.807) is 11.3 Å². The molecule has 1 aromatic carbocycles. The SMILES string of the molecule is NC(c1ccc(-c2ccc3ncsc3c2)s1)C1CC1. The molecule has 1 unspecified atom stereocenters. The molecule has 2 aromatic heterocycles. The first-order valence-electron chi connectivity index (χ1n) is 6.50. The number of hydrogen-bond donors (Lipinski definition) is 1. The first kappa shape index (κ1) is 11.6. The molecule has 1 atom stereocenters. The maximum absolute atomic E-state index is 6.27. The Morgan fingerprint density at radius 3 is 2.95 bits per heavy atom. The number of nitrogens with two attached hydrogens (primary N) is 1. The maximum Gasteiger partial charge on any atom is 0.0812 e. The van der Waals surface area contributed by atoms with E-state index < -0.39 is 0 Å². The van der Waals surface area contributed by atoms with Gasteiger partial charge in [0.2, 0.25) is 0 Å². The van der Waals surface area contributed by atoms with Crippen LogP contribution in [0.25, 0.3) is 20.7 Å². The van der Waals surface area contributed by atoms with Crippen LogP contribution >= 0.6 is 22.7 Å². The van der Waals surface area contributed by atoms with Crippen molar-refractivity contribution in [3.63, 3.8) is 0 Å². The molecule has 0 spiro atoms. The molecule has 0 radical (unpaired) electrons. The minimum Gasteiger partial charge on any atom is -0.323 e. The largest absolute Gasteiger partial charge is 0.323 e. The Hall–Kier alpha value is -1.23. The van der Waals surface area contributed by atoms with Gasteiger partial charge in [-0.3, -0.25) is 0 Å². The fourth-order valence-corrected chi connectivity index (χ4v) is 4.20. The number of thiophene rings is 1. The first-order valence-corrected chi connectivity index (χ1v) is 8.20. The van der Waals surface area contributed by atoms with Crippen LogP contribution in [0, 0.1) is 5.92 Å². The minimum atomic E-state index is 0.242. The molecule has 0 amide bonds. The van der Waals surface area contributed by atoms with E-state index in [1.165, 1.54) is 32.9 Å². The summed E-state index contributed by atoms with van der Waals surface area (Å²) in [5.74, 6) is 0.718. The topological polar surface area (TPSA) is 38.9 Å². The quantitative estimate of drug-likeness (QED) is 0.773. The van der Waals surface area contributed by atoms with Crippen LogP contribution in [0.15, 0.2) is 35.8 Å². The lowest BCUT2D eigenvalue weighted by atomic mass is 10.1. The van der Waals surface area contributed by atoms with Gasteiger partial charge in [-0.05, 0) is 48.6 Å². The summed E-state index contributed by atoms with van der Waals surface area (Å²) >= 11 is 3.53. The Morgan fingerprint density at radius 2 is 2.11 bits per heavy atom. The summed E-state index contributed by atoms with van der Waals surface area (Å²) in [5, 5.41) is 0. The number of hydrogen-bond acceptors (Lipinski definition) is 4. The number of nitrogens with zero attached hydrogens (tertiary/aromatic N) is 1. The Kier molecular flexibility index (Phi) is 2.69. The third-order valence-corrected chi connectivity index (χ3v) is 5.73. The molecule has 2 heterocycles. The zero-order chi connectivity index (χ0) is 12.8. The molecule has 19 heavy (non-hydrogen) atoms. The van der Waals surface area contributed by atoms with Crippen LogP contribution < -0.4 is 5.73 Å². The number of fused-ring (bicyclic) bond motifs is 1.